The monoisotopic (exact) mass is 341 g/mol. The average molecular weight is 342 g/mol. The summed E-state index contributed by atoms with van der Waals surface area (Å²) in [6, 6.07) is 4.15. The fourth-order valence-corrected chi connectivity index (χ4v) is 3.07. The van der Waals surface area contributed by atoms with Crippen LogP contribution < -0.4 is 14.8 Å². The highest BCUT2D eigenvalue weighted by molar-refractivity contribution is 9.10. The zero-order chi connectivity index (χ0) is 14.6. The number of hydrogen-bond acceptors (Lipinski definition) is 3. The first-order valence-corrected chi connectivity index (χ1v) is 8.13. The molecule has 0 saturated heterocycles. The lowest BCUT2D eigenvalue weighted by Gasteiger charge is -2.16. The number of benzene rings is 1. The summed E-state index contributed by atoms with van der Waals surface area (Å²) >= 11 is 3.56. The summed E-state index contributed by atoms with van der Waals surface area (Å²) in [7, 11) is 1.68. The molecule has 0 atom stereocenters. The van der Waals surface area contributed by atoms with Crippen molar-refractivity contribution in [2.45, 2.75) is 39.7 Å². The maximum absolute atomic E-state index is 5.61. The van der Waals surface area contributed by atoms with Gasteiger partial charge in [0.2, 0.25) is 0 Å². The molecule has 1 N–H and O–H groups in total. The first kappa shape index (κ1) is 15.6. The quantitative estimate of drug-likeness (QED) is 0.770. The van der Waals surface area contributed by atoms with E-state index in [1.165, 1.54) is 24.8 Å². The minimum absolute atomic E-state index is 0.576. The fraction of sp³-hybridized carbons (Fsp3) is 0.625. The van der Waals surface area contributed by atoms with Gasteiger partial charge in [-0.1, -0.05) is 6.92 Å². The summed E-state index contributed by atoms with van der Waals surface area (Å²) in [6.45, 7) is 6.86. The van der Waals surface area contributed by atoms with Crippen LogP contribution in [0.15, 0.2) is 16.6 Å². The predicted octanol–water partition coefficient (Wildman–Crippen LogP) is 4.14. The Balaban J connectivity index is 1.99. The van der Waals surface area contributed by atoms with Crippen LogP contribution in [-0.4, -0.2) is 20.3 Å². The Hall–Kier alpha value is -0.740. The zero-order valence-electron chi connectivity index (χ0n) is 12.6. The molecule has 0 aromatic heterocycles. The van der Waals surface area contributed by atoms with Gasteiger partial charge in [0.25, 0.3) is 0 Å². The van der Waals surface area contributed by atoms with Crippen molar-refractivity contribution in [3.63, 3.8) is 0 Å². The molecule has 0 amide bonds. The van der Waals surface area contributed by atoms with Crippen LogP contribution in [0.25, 0.3) is 0 Å². The molecule has 1 aliphatic carbocycles. The van der Waals surface area contributed by atoms with E-state index in [1.807, 2.05) is 13.0 Å². The van der Waals surface area contributed by atoms with E-state index >= 15 is 0 Å². The highest BCUT2D eigenvalue weighted by Crippen LogP contribution is 2.47. The largest absolute Gasteiger partial charge is 0.493 e. The number of nitrogens with one attached hydrogen (secondary N) is 1. The molecule has 1 aliphatic rings. The first-order chi connectivity index (χ1) is 9.64. The zero-order valence-corrected chi connectivity index (χ0v) is 14.2. The van der Waals surface area contributed by atoms with Gasteiger partial charge in [0.05, 0.1) is 18.2 Å². The highest BCUT2D eigenvalue weighted by Gasteiger charge is 2.39. The molecule has 1 aromatic rings. The Morgan fingerprint density at radius 1 is 1.30 bits per heavy atom. The van der Waals surface area contributed by atoms with Gasteiger partial charge < -0.3 is 14.8 Å². The summed E-state index contributed by atoms with van der Waals surface area (Å²) in [6.07, 6.45) is 4.01. The Kier molecular flexibility index (Phi) is 5.33. The third-order valence-electron chi connectivity index (χ3n) is 4.11. The van der Waals surface area contributed by atoms with Gasteiger partial charge in [-0.25, -0.2) is 0 Å². The minimum atomic E-state index is 0.576. The van der Waals surface area contributed by atoms with Gasteiger partial charge in [0, 0.05) is 13.1 Å². The van der Waals surface area contributed by atoms with Crippen LogP contribution >= 0.6 is 15.9 Å². The third kappa shape index (κ3) is 3.67. The van der Waals surface area contributed by atoms with Gasteiger partial charge in [0.15, 0.2) is 11.5 Å². The van der Waals surface area contributed by atoms with Gasteiger partial charge in [-0.3, -0.25) is 0 Å². The second-order valence-electron chi connectivity index (χ2n) is 5.50. The summed E-state index contributed by atoms with van der Waals surface area (Å²) in [5.74, 6) is 1.57. The van der Waals surface area contributed by atoms with Crippen LogP contribution in [0.4, 0.5) is 0 Å². The second kappa shape index (κ2) is 6.81. The van der Waals surface area contributed by atoms with E-state index in [2.05, 4.69) is 34.2 Å². The van der Waals surface area contributed by atoms with Crippen molar-refractivity contribution in [3.8, 4) is 11.5 Å². The smallest absolute Gasteiger partial charge is 0.175 e. The van der Waals surface area contributed by atoms with E-state index in [9.17, 15) is 0 Å². The van der Waals surface area contributed by atoms with Crippen LogP contribution in [0.2, 0.25) is 0 Å². The van der Waals surface area contributed by atoms with Gasteiger partial charge in [-0.15, -0.1) is 0 Å². The molecule has 1 aromatic carbocycles. The molecule has 0 heterocycles. The molecule has 1 fully saturated rings. The molecule has 20 heavy (non-hydrogen) atoms. The molecule has 3 nitrogen and oxygen atoms in total. The van der Waals surface area contributed by atoms with E-state index in [0.29, 0.717) is 12.0 Å². The maximum Gasteiger partial charge on any atom is 0.175 e. The number of halogens is 1. The molecular formula is C16H24BrNO2. The maximum atomic E-state index is 5.61. The van der Waals surface area contributed by atoms with Crippen LogP contribution in [0.3, 0.4) is 0 Å². The molecule has 2 rings (SSSR count). The number of methoxy groups -OCH3 is 1. The van der Waals surface area contributed by atoms with E-state index in [1.54, 1.807) is 7.11 Å². The molecule has 0 aliphatic heterocycles. The lowest BCUT2D eigenvalue weighted by molar-refractivity contribution is 0.308. The van der Waals surface area contributed by atoms with Crippen molar-refractivity contribution in [1.29, 1.82) is 0 Å². The van der Waals surface area contributed by atoms with Gasteiger partial charge in [-0.05, 0) is 65.2 Å². The topological polar surface area (TPSA) is 30.5 Å². The van der Waals surface area contributed by atoms with Crippen LogP contribution in [0, 0.1) is 5.41 Å². The lowest BCUT2D eigenvalue weighted by Crippen LogP contribution is -2.23. The Morgan fingerprint density at radius 2 is 2.05 bits per heavy atom. The van der Waals surface area contributed by atoms with Crippen molar-refractivity contribution < 1.29 is 9.47 Å². The first-order valence-electron chi connectivity index (χ1n) is 7.34. The van der Waals surface area contributed by atoms with Crippen LogP contribution in [-0.2, 0) is 6.54 Å². The van der Waals surface area contributed by atoms with Gasteiger partial charge in [-0.2, -0.15) is 0 Å². The molecule has 0 bridgehead atoms. The number of hydrogen-bond donors (Lipinski definition) is 1. The van der Waals surface area contributed by atoms with Crippen LogP contribution in [0.5, 0.6) is 11.5 Å². The normalized spacial score (nSPS) is 16.0. The molecule has 0 unspecified atom stereocenters. The lowest BCUT2D eigenvalue weighted by atomic mass is 10.0. The summed E-state index contributed by atoms with van der Waals surface area (Å²) in [5, 5.41) is 3.57. The van der Waals surface area contributed by atoms with Gasteiger partial charge >= 0.3 is 0 Å². The Morgan fingerprint density at radius 3 is 2.60 bits per heavy atom. The number of rotatable bonds is 8. The Bertz CT molecular complexity index is 458. The second-order valence-corrected chi connectivity index (χ2v) is 6.35. The summed E-state index contributed by atoms with van der Waals surface area (Å²) in [4.78, 5) is 0. The molecular weight excluding hydrogens is 318 g/mol. The van der Waals surface area contributed by atoms with E-state index in [0.717, 1.165) is 29.1 Å². The molecule has 1 saturated carbocycles. The minimum Gasteiger partial charge on any atom is -0.493 e. The number of ether oxygens (including phenoxy) is 2. The summed E-state index contributed by atoms with van der Waals surface area (Å²) < 4.78 is 12.0. The highest BCUT2D eigenvalue weighted by atomic mass is 79.9. The van der Waals surface area contributed by atoms with Crippen molar-refractivity contribution in [2.75, 3.05) is 20.3 Å². The van der Waals surface area contributed by atoms with E-state index < -0.39 is 0 Å². The molecule has 4 heteroatoms. The standard InChI is InChI=1S/C16H24BrNO2/c1-4-16(6-7-16)11-18-10-12-8-13(17)15(20-5-2)14(9-12)19-3/h8-9,18H,4-7,10-11H2,1-3H3. The van der Waals surface area contributed by atoms with E-state index in [4.69, 9.17) is 9.47 Å². The van der Waals surface area contributed by atoms with Gasteiger partial charge in [0.1, 0.15) is 0 Å². The third-order valence-corrected chi connectivity index (χ3v) is 4.70. The van der Waals surface area contributed by atoms with Crippen molar-refractivity contribution in [2.24, 2.45) is 5.41 Å². The molecule has 0 radical (unpaired) electrons. The van der Waals surface area contributed by atoms with E-state index in [-0.39, 0.29) is 0 Å². The molecule has 0 spiro atoms. The summed E-state index contributed by atoms with van der Waals surface area (Å²) in [5.41, 5.74) is 1.79. The Labute approximate surface area is 130 Å². The fourth-order valence-electron chi connectivity index (χ4n) is 2.46. The van der Waals surface area contributed by atoms with Crippen molar-refractivity contribution in [1.82, 2.24) is 5.32 Å². The molecule has 112 valence electrons. The van der Waals surface area contributed by atoms with Crippen molar-refractivity contribution >= 4 is 15.9 Å². The van der Waals surface area contributed by atoms with Crippen molar-refractivity contribution in [3.05, 3.63) is 22.2 Å². The van der Waals surface area contributed by atoms with Crippen LogP contribution in [0.1, 0.15) is 38.7 Å². The average Bonchev–Trinajstić information content (AvgIpc) is 3.22. The SMILES string of the molecule is CCOc1c(Br)cc(CNCC2(CC)CC2)cc1OC. The predicted molar refractivity (Wildman–Crippen MR) is 85.5 cm³/mol.